The molecule has 1 aromatic rings. The number of nitrogens with zero attached hydrogens (tertiary/aromatic N) is 2. The molecule has 0 saturated carbocycles. The summed E-state index contributed by atoms with van der Waals surface area (Å²) >= 11 is 0. The summed E-state index contributed by atoms with van der Waals surface area (Å²) in [4.78, 5) is 4.38. The molecule has 3 nitrogen and oxygen atoms in total. The summed E-state index contributed by atoms with van der Waals surface area (Å²) in [5.74, 6) is 1.05. The van der Waals surface area contributed by atoms with Gasteiger partial charge in [0.05, 0.1) is 6.04 Å². The fourth-order valence-corrected chi connectivity index (χ4v) is 2.72. The van der Waals surface area contributed by atoms with Crippen molar-refractivity contribution < 1.29 is 0 Å². The predicted octanol–water partition coefficient (Wildman–Crippen LogP) is 4.82. The first kappa shape index (κ1) is 17.2. The van der Waals surface area contributed by atoms with Gasteiger partial charge in [-0.25, -0.2) is 4.98 Å². The highest BCUT2D eigenvalue weighted by Crippen LogP contribution is 2.17. The van der Waals surface area contributed by atoms with Crippen molar-refractivity contribution in [1.29, 1.82) is 0 Å². The largest absolute Gasteiger partial charge is 0.334 e. The standard InChI is InChI=1S/C17H33N3/c1-3-5-6-7-8-9-10-11-12-13-16(18)17-19-14-15-20(17)4-2/h14-16H,3-13,18H2,1-2H3. The molecule has 0 aromatic carbocycles. The second-order valence-corrected chi connectivity index (χ2v) is 5.80. The molecule has 1 rings (SSSR count). The first-order valence-corrected chi connectivity index (χ1v) is 8.56. The summed E-state index contributed by atoms with van der Waals surface area (Å²) in [6.45, 7) is 5.37. The second-order valence-electron chi connectivity index (χ2n) is 5.80. The van der Waals surface area contributed by atoms with Gasteiger partial charge >= 0.3 is 0 Å². The van der Waals surface area contributed by atoms with E-state index in [-0.39, 0.29) is 6.04 Å². The van der Waals surface area contributed by atoms with Crippen LogP contribution in [0.2, 0.25) is 0 Å². The van der Waals surface area contributed by atoms with E-state index in [0.717, 1.165) is 18.8 Å². The van der Waals surface area contributed by atoms with E-state index in [0.29, 0.717) is 0 Å². The van der Waals surface area contributed by atoms with Gasteiger partial charge in [0.2, 0.25) is 0 Å². The van der Waals surface area contributed by atoms with E-state index < -0.39 is 0 Å². The summed E-state index contributed by atoms with van der Waals surface area (Å²) < 4.78 is 2.15. The smallest absolute Gasteiger partial charge is 0.125 e. The molecule has 116 valence electrons. The zero-order valence-corrected chi connectivity index (χ0v) is 13.5. The normalized spacial score (nSPS) is 12.8. The van der Waals surface area contributed by atoms with Gasteiger partial charge in [-0.15, -0.1) is 0 Å². The molecule has 0 aliphatic rings. The van der Waals surface area contributed by atoms with Crippen LogP contribution in [0, 0.1) is 0 Å². The molecule has 0 bridgehead atoms. The topological polar surface area (TPSA) is 43.8 Å². The first-order chi connectivity index (χ1) is 9.79. The van der Waals surface area contributed by atoms with Gasteiger partial charge in [-0.1, -0.05) is 64.7 Å². The number of nitrogens with two attached hydrogens (primary N) is 1. The lowest BCUT2D eigenvalue weighted by atomic mass is 10.0. The highest BCUT2D eigenvalue weighted by Gasteiger charge is 2.10. The molecule has 20 heavy (non-hydrogen) atoms. The molecule has 0 amide bonds. The maximum Gasteiger partial charge on any atom is 0.125 e. The molecule has 0 aliphatic heterocycles. The van der Waals surface area contributed by atoms with Gasteiger partial charge in [-0.05, 0) is 13.3 Å². The van der Waals surface area contributed by atoms with Gasteiger partial charge in [0.1, 0.15) is 5.82 Å². The summed E-state index contributed by atoms with van der Waals surface area (Å²) in [6.07, 6.45) is 17.2. The lowest BCUT2D eigenvalue weighted by Gasteiger charge is -2.12. The highest BCUT2D eigenvalue weighted by molar-refractivity contribution is 4.98. The predicted molar refractivity (Wildman–Crippen MR) is 86.7 cm³/mol. The van der Waals surface area contributed by atoms with Crippen molar-refractivity contribution in [2.24, 2.45) is 5.73 Å². The maximum absolute atomic E-state index is 6.23. The van der Waals surface area contributed by atoms with Crippen molar-refractivity contribution in [3.63, 3.8) is 0 Å². The number of aromatic nitrogens is 2. The molecule has 1 heterocycles. The van der Waals surface area contributed by atoms with Gasteiger partial charge in [0.25, 0.3) is 0 Å². The van der Waals surface area contributed by atoms with Crippen LogP contribution >= 0.6 is 0 Å². The van der Waals surface area contributed by atoms with Crippen molar-refractivity contribution in [2.45, 2.75) is 90.6 Å². The Morgan fingerprint density at radius 3 is 2.20 bits per heavy atom. The minimum absolute atomic E-state index is 0.106. The van der Waals surface area contributed by atoms with Crippen LogP contribution in [-0.4, -0.2) is 9.55 Å². The highest BCUT2D eigenvalue weighted by atomic mass is 15.1. The second kappa shape index (κ2) is 10.9. The first-order valence-electron chi connectivity index (χ1n) is 8.56. The fourth-order valence-electron chi connectivity index (χ4n) is 2.72. The number of hydrogen-bond donors (Lipinski definition) is 1. The molecule has 0 radical (unpaired) electrons. The summed E-state index contributed by atoms with van der Waals surface area (Å²) in [5.41, 5.74) is 6.23. The third kappa shape index (κ3) is 6.56. The Bertz CT molecular complexity index is 333. The lowest BCUT2D eigenvalue weighted by molar-refractivity contribution is 0.508. The van der Waals surface area contributed by atoms with Crippen LogP contribution in [0.5, 0.6) is 0 Å². The number of rotatable bonds is 12. The van der Waals surface area contributed by atoms with Gasteiger partial charge in [0.15, 0.2) is 0 Å². The van der Waals surface area contributed by atoms with Gasteiger partial charge < -0.3 is 10.3 Å². The number of hydrogen-bond acceptors (Lipinski definition) is 2. The van der Waals surface area contributed by atoms with Gasteiger partial charge in [0, 0.05) is 18.9 Å². The Kier molecular flexibility index (Phi) is 9.38. The van der Waals surface area contributed by atoms with Crippen molar-refractivity contribution in [3.05, 3.63) is 18.2 Å². The zero-order chi connectivity index (χ0) is 14.6. The van der Waals surface area contributed by atoms with Crippen LogP contribution in [0.25, 0.3) is 0 Å². The van der Waals surface area contributed by atoms with Gasteiger partial charge in [-0.2, -0.15) is 0 Å². The minimum Gasteiger partial charge on any atom is -0.334 e. The number of imidazole rings is 1. The third-order valence-electron chi connectivity index (χ3n) is 4.04. The molecule has 0 spiro atoms. The molecule has 0 fully saturated rings. The maximum atomic E-state index is 6.23. The van der Waals surface area contributed by atoms with E-state index in [2.05, 4.69) is 23.4 Å². The zero-order valence-electron chi connectivity index (χ0n) is 13.5. The van der Waals surface area contributed by atoms with Crippen molar-refractivity contribution in [2.75, 3.05) is 0 Å². The van der Waals surface area contributed by atoms with Crippen molar-refractivity contribution >= 4 is 0 Å². The average Bonchev–Trinajstić information content (AvgIpc) is 2.94. The van der Waals surface area contributed by atoms with E-state index in [4.69, 9.17) is 5.73 Å². The molecule has 0 saturated heterocycles. The van der Waals surface area contributed by atoms with Crippen LogP contribution in [0.3, 0.4) is 0 Å². The van der Waals surface area contributed by atoms with E-state index in [1.807, 2.05) is 12.4 Å². The monoisotopic (exact) mass is 279 g/mol. The Morgan fingerprint density at radius 1 is 1.00 bits per heavy atom. The summed E-state index contributed by atoms with van der Waals surface area (Å²) in [7, 11) is 0. The lowest BCUT2D eigenvalue weighted by Crippen LogP contribution is -2.16. The summed E-state index contributed by atoms with van der Waals surface area (Å²) in [6, 6.07) is 0.106. The number of unbranched alkanes of at least 4 members (excludes halogenated alkanes) is 8. The quantitative estimate of drug-likeness (QED) is 0.557. The Morgan fingerprint density at radius 2 is 1.60 bits per heavy atom. The van der Waals surface area contributed by atoms with Crippen molar-refractivity contribution in [1.82, 2.24) is 9.55 Å². The molecular formula is C17H33N3. The van der Waals surface area contributed by atoms with Crippen LogP contribution in [0.1, 0.15) is 89.9 Å². The van der Waals surface area contributed by atoms with Crippen LogP contribution < -0.4 is 5.73 Å². The Balaban J connectivity index is 2.01. The molecule has 3 heteroatoms. The molecule has 1 unspecified atom stereocenters. The molecule has 0 aliphatic carbocycles. The SMILES string of the molecule is CCCCCCCCCCCC(N)c1nccn1CC. The molecule has 1 atom stereocenters. The minimum atomic E-state index is 0.106. The van der Waals surface area contributed by atoms with E-state index in [9.17, 15) is 0 Å². The third-order valence-corrected chi connectivity index (χ3v) is 4.04. The van der Waals surface area contributed by atoms with Crippen LogP contribution in [-0.2, 0) is 6.54 Å². The van der Waals surface area contributed by atoms with E-state index in [1.54, 1.807) is 0 Å². The Hall–Kier alpha value is -0.830. The van der Waals surface area contributed by atoms with E-state index in [1.165, 1.54) is 57.8 Å². The number of aryl methyl sites for hydroxylation is 1. The Labute approximate surface area is 125 Å². The molecule has 2 N–H and O–H groups in total. The molecular weight excluding hydrogens is 246 g/mol. The van der Waals surface area contributed by atoms with E-state index >= 15 is 0 Å². The molecule has 1 aromatic heterocycles. The van der Waals surface area contributed by atoms with Crippen molar-refractivity contribution in [3.8, 4) is 0 Å². The van der Waals surface area contributed by atoms with Crippen LogP contribution in [0.15, 0.2) is 12.4 Å². The summed E-state index contributed by atoms with van der Waals surface area (Å²) in [5, 5.41) is 0. The fraction of sp³-hybridized carbons (Fsp3) is 0.824. The average molecular weight is 279 g/mol. The van der Waals surface area contributed by atoms with Gasteiger partial charge in [-0.3, -0.25) is 0 Å². The van der Waals surface area contributed by atoms with Crippen LogP contribution in [0.4, 0.5) is 0 Å².